The molecule has 0 spiro atoms. The minimum Gasteiger partial charge on any atom is -0.506 e. The summed E-state index contributed by atoms with van der Waals surface area (Å²) in [7, 11) is 0. The number of aromatic hydroxyl groups is 1. The number of nitrogens with one attached hydrogen (secondary N) is 1. The van der Waals surface area contributed by atoms with Gasteiger partial charge in [-0.15, -0.1) is 11.3 Å². The maximum Gasteiger partial charge on any atom is 0.263 e. The summed E-state index contributed by atoms with van der Waals surface area (Å²) in [5.41, 5.74) is 1.34. The molecule has 1 unspecified atom stereocenters. The van der Waals surface area contributed by atoms with Gasteiger partial charge in [-0.3, -0.25) is 9.59 Å². The van der Waals surface area contributed by atoms with E-state index in [1.807, 2.05) is 24.4 Å². The number of phenolic OH excluding ortho intramolecular Hbond substituents is 1. The van der Waals surface area contributed by atoms with Crippen molar-refractivity contribution in [1.82, 2.24) is 4.90 Å². The first-order chi connectivity index (χ1) is 11.5. The van der Waals surface area contributed by atoms with Gasteiger partial charge >= 0.3 is 0 Å². The number of benzene rings is 1. The number of hydrogen-bond acceptors (Lipinski definition) is 4. The van der Waals surface area contributed by atoms with Crippen LogP contribution in [0.4, 0.5) is 5.69 Å². The van der Waals surface area contributed by atoms with Crippen LogP contribution >= 0.6 is 11.3 Å². The molecule has 1 fully saturated rings. The quantitative estimate of drug-likeness (QED) is 0.840. The monoisotopic (exact) mass is 344 g/mol. The van der Waals surface area contributed by atoms with E-state index in [2.05, 4.69) is 5.32 Å². The summed E-state index contributed by atoms with van der Waals surface area (Å²) in [4.78, 5) is 27.4. The number of phenols is 1. The zero-order valence-electron chi connectivity index (χ0n) is 13.5. The average molecular weight is 344 g/mol. The second-order valence-corrected chi connectivity index (χ2v) is 7.03. The minimum absolute atomic E-state index is 0.0133. The number of thiophene rings is 1. The Bertz CT molecular complexity index is 743. The summed E-state index contributed by atoms with van der Waals surface area (Å²) in [5, 5.41) is 14.6. The van der Waals surface area contributed by atoms with Gasteiger partial charge < -0.3 is 15.3 Å². The van der Waals surface area contributed by atoms with E-state index in [0.29, 0.717) is 23.7 Å². The van der Waals surface area contributed by atoms with Crippen molar-refractivity contribution in [3.05, 3.63) is 46.2 Å². The number of carbonyl (C=O) groups is 2. The van der Waals surface area contributed by atoms with Crippen molar-refractivity contribution in [1.29, 1.82) is 0 Å². The fraction of sp³-hybridized carbons (Fsp3) is 0.333. The maximum atomic E-state index is 12.5. The zero-order valence-corrected chi connectivity index (χ0v) is 14.3. The summed E-state index contributed by atoms with van der Waals surface area (Å²) < 4.78 is 0. The molecular formula is C18H20N2O3S. The molecule has 2 N–H and O–H groups in total. The Balaban J connectivity index is 1.65. The molecule has 1 aromatic heterocycles. The van der Waals surface area contributed by atoms with Crippen LogP contribution in [0.5, 0.6) is 5.75 Å². The van der Waals surface area contributed by atoms with Gasteiger partial charge in [-0.1, -0.05) is 12.1 Å². The third-order valence-corrected chi connectivity index (χ3v) is 5.08. The lowest BCUT2D eigenvalue weighted by Crippen LogP contribution is -2.43. The molecular weight excluding hydrogens is 324 g/mol. The van der Waals surface area contributed by atoms with Crippen molar-refractivity contribution in [2.75, 3.05) is 18.4 Å². The molecule has 2 amide bonds. The molecule has 0 saturated carbocycles. The third-order valence-electron chi connectivity index (χ3n) is 4.22. The highest BCUT2D eigenvalue weighted by atomic mass is 32.1. The molecule has 0 aliphatic carbocycles. The molecule has 5 nitrogen and oxygen atoms in total. The molecule has 126 valence electrons. The van der Waals surface area contributed by atoms with Gasteiger partial charge in [0.25, 0.3) is 5.91 Å². The van der Waals surface area contributed by atoms with Crippen LogP contribution in [0.25, 0.3) is 0 Å². The van der Waals surface area contributed by atoms with E-state index in [1.54, 1.807) is 23.1 Å². The molecule has 2 aromatic rings. The first-order valence-electron chi connectivity index (χ1n) is 7.98. The predicted octanol–water partition coefficient (Wildman–Crippen LogP) is 3.25. The highest BCUT2D eigenvalue weighted by Crippen LogP contribution is 2.26. The minimum atomic E-state index is -0.261. The van der Waals surface area contributed by atoms with Crippen molar-refractivity contribution in [2.45, 2.75) is 19.8 Å². The molecule has 1 atom stereocenters. The van der Waals surface area contributed by atoms with E-state index in [0.717, 1.165) is 18.4 Å². The van der Waals surface area contributed by atoms with E-state index in [9.17, 15) is 14.7 Å². The highest BCUT2D eigenvalue weighted by molar-refractivity contribution is 7.12. The zero-order chi connectivity index (χ0) is 17.1. The molecule has 0 radical (unpaired) electrons. The standard InChI is InChI=1S/C18H20N2O3S/c1-12-6-7-14(15(21)10-12)19-17(22)13-4-2-8-20(11-13)18(23)16-5-3-9-24-16/h3,5-7,9-10,13,21H,2,4,8,11H2,1H3,(H,19,22). The average Bonchev–Trinajstić information content (AvgIpc) is 3.11. The number of hydrogen-bond donors (Lipinski definition) is 2. The summed E-state index contributed by atoms with van der Waals surface area (Å²) in [5.74, 6) is -0.368. The van der Waals surface area contributed by atoms with Crippen LogP contribution in [0.1, 0.15) is 28.1 Å². The van der Waals surface area contributed by atoms with Crippen LogP contribution in [0, 0.1) is 12.8 Å². The lowest BCUT2D eigenvalue weighted by Gasteiger charge is -2.31. The highest BCUT2D eigenvalue weighted by Gasteiger charge is 2.29. The van der Waals surface area contributed by atoms with Gasteiger partial charge in [0.2, 0.25) is 5.91 Å². The molecule has 1 aromatic carbocycles. The van der Waals surface area contributed by atoms with Gasteiger partial charge in [-0.05, 0) is 48.9 Å². The molecule has 24 heavy (non-hydrogen) atoms. The smallest absolute Gasteiger partial charge is 0.263 e. The summed E-state index contributed by atoms with van der Waals surface area (Å²) in [6.45, 7) is 2.96. The Kier molecular flexibility index (Phi) is 4.85. The van der Waals surface area contributed by atoms with Gasteiger partial charge in [-0.2, -0.15) is 0 Å². The number of likely N-dealkylation sites (tertiary alicyclic amines) is 1. The Morgan fingerprint density at radius 2 is 2.17 bits per heavy atom. The van der Waals surface area contributed by atoms with Crippen LogP contribution in [-0.2, 0) is 4.79 Å². The van der Waals surface area contributed by atoms with E-state index in [-0.39, 0.29) is 23.5 Å². The fourth-order valence-corrected chi connectivity index (χ4v) is 3.60. The van der Waals surface area contributed by atoms with Crippen LogP contribution in [0.15, 0.2) is 35.7 Å². The molecule has 3 rings (SSSR count). The van der Waals surface area contributed by atoms with Crippen molar-refractivity contribution in [2.24, 2.45) is 5.92 Å². The number of nitrogens with zero attached hydrogens (tertiary/aromatic N) is 1. The second-order valence-electron chi connectivity index (χ2n) is 6.08. The fourth-order valence-electron chi connectivity index (χ4n) is 2.91. The van der Waals surface area contributed by atoms with Crippen LogP contribution in [0.3, 0.4) is 0 Å². The van der Waals surface area contributed by atoms with E-state index in [4.69, 9.17) is 0 Å². The van der Waals surface area contributed by atoms with Crippen LogP contribution in [0.2, 0.25) is 0 Å². The van der Waals surface area contributed by atoms with Gasteiger partial charge in [0.1, 0.15) is 5.75 Å². The normalized spacial score (nSPS) is 17.5. The lowest BCUT2D eigenvalue weighted by molar-refractivity contribution is -0.121. The lowest BCUT2D eigenvalue weighted by atomic mass is 9.96. The molecule has 1 saturated heterocycles. The van der Waals surface area contributed by atoms with Gasteiger partial charge in [0, 0.05) is 13.1 Å². The number of carbonyl (C=O) groups excluding carboxylic acids is 2. The van der Waals surface area contributed by atoms with Crippen molar-refractivity contribution in [3.63, 3.8) is 0 Å². The summed E-state index contributed by atoms with van der Waals surface area (Å²) in [6, 6.07) is 8.80. The molecule has 6 heteroatoms. The van der Waals surface area contributed by atoms with E-state index < -0.39 is 0 Å². The van der Waals surface area contributed by atoms with Crippen molar-refractivity contribution >= 4 is 28.8 Å². The summed E-state index contributed by atoms with van der Waals surface area (Å²) in [6.07, 6.45) is 1.54. The topological polar surface area (TPSA) is 69.6 Å². The third kappa shape index (κ3) is 3.59. The maximum absolute atomic E-state index is 12.5. The number of piperidine rings is 1. The van der Waals surface area contributed by atoms with Gasteiger partial charge in [-0.25, -0.2) is 0 Å². The predicted molar refractivity (Wildman–Crippen MR) is 94.4 cm³/mol. The Hall–Kier alpha value is -2.34. The Morgan fingerprint density at radius 3 is 2.88 bits per heavy atom. The van der Waals surface area contributed by atoms with Gasteiger partial charge in [0.15, 0.2) is 0 Å². The molecule has 1 aliphatic heterocycles. The first-order valence-corrected chi connectivity index (χ1v) is 8.86. The van der Waals surface area contributed by atoms with Crippen LogP contribution < -0.4 is 5.32 Å². The largest absolute Gasteiger partial charge is 0.506 e. The molecule has 1 aliphatic rings. The van der Waals surface area contributed by atoms with E-state index >= 15 is 0 Å². The SMILES string of the molecule is Cc1ccc(NC(=O)C2CCCN(C(=O)c3cccs3)C2)c(O)c1. The number of rotatable bonds is 3. The van der Waals surface area contributed by atoms with Crippen LogP contribution in [-0.4, -0.2) is 34.9 Å². The summed E-state index contributed by atoms with van der Waals surface area (Å²) >= 11 is 1.42. The second kappa shape index (κ2) is 7.05. The molecule has 2 heterocycles. The van der Waals surface area contributed by atoms with Gasteiger partial charge in [0.05, 0.1) is 16.5 Å². The van der Waals surface area contributed by atoms with E-state index in [1.165, 1.54) is 11.3 Å². The van der Waals surface area contributed by atoms with Crippen molar-refractivity contribution in [3.8, 4) is 5.75 Å². The Labute approximate surface area is 144 Å². The Morgan fingerprint density at radius 1 is 1.33 bits per heavy atom. The first kappa shape index (κ1) is 16.5. The number of anilines is 1. The number of amides is 2. The molecule has 0 bridgehead atoms. The number of aryl methyl sites for hydroxylation is 1. The van der Waals surface area contributed by atoms with Crippen molar-refractivity contribution < 1.29 is 14.7 Å².